The van der Waals surface area contributed by atoms with Gasteiger partial charge >= 0.3 is 0 Å². The summed E-state index contributed by atoms with van der Waals surface area (Å²) in [6.45, 7) is 20.3. The highest BCUT2D eigenvalue weighted by atomic mass is 16.3. The van der Waals surface area contributed by atoms with Gasteiger partial charge in [0.1, 0.15) is 0 Å². The number of aliphatic hydroxyl groups is 2. The fourth-order valence-corrected chi connectivity index (χ4v) is 3.26. The molecule has 174 valence electrons. The Morgan fingerprint density at radius 1 is 0.828 bits per heavy atom. The lowest BCUT2D eigenvalue weighted by molar-refractivity contribution is -0.136. The van der Waals surface area contributed by atoms with Gasteiger partial charge in [0.2, 0.25) is 11.8 Å². The molecule has 0 bridgehead atoms. The van der Waals surface area contributed by atoms with E-state index in [1.165, 1.54) is 0 Å². The molecule has 0 radical (unpaired) electrons. The van der Waals surface area contributed by atoms with Gasteiger partial charge in [0, 0.05) is 12.0 Å². The van der Waals surface area contributed by atoms with Crippen LogP contribution in [0.4, 0.5) is 0 Å². The Kier molecular flexibility index (Phi) is 13.7. The summed E-state index contributed by atoms with van der Waals surface area (Å²) in [5, 5.41) is 23.4. The quantitative estimate of drug-likeness (QED) is 0.414. The van der Waals surface area contributed by atoms with Crippen molar-refractivity contribution in [2.24, 2.45) is 22.7 Å². The van der Waals surface area contributed by atoms with Crippen molar-refractivity contribution in [3.8, 4) is 0 Å². The monoisotopic (exact) mass is 416 g/mol. The summed E-state index contributed by atoms with van der Waals surface area (Å²) in [6.07, 6.45) is 2.52. The van der Waals surface area contributed by atoms with Crippen LogP contribution in [0.1, 0.15) is 88.5 Å². The average Bonchev–Trinajstić information content (AvgIpc) is 2.66. The fourth-order valence-electron chi connectivity index (χ4n) is 3.26. The summed E-state index contributed by atoms with van der Waals surface area (Å²) in [5.41, 5.74) is -1.15. The van der Waals surface area contributed by atoms with E-state index in [-0.39, 0.29) is 35.9 Å². The third-order valence-corrected chi connectivity index (χ3v) is 6.64. The van der Waals surface area contributed by atoms with Crippen molar-refractivity contribution in [3.05, 3.63) is 0 Å². The smallest absolute Gasteiger partial charge is 0.226 e. The maximum atomic E-state index is 12.1. The van der Waals surface area contributed by atoms with Crippen molar-refractivity contribution in [2.45, 2.75) is 94.0 Å². The van der Waals surface area contributed by atoms with Crippen LogP contribution < -0.4 is 10.6 Å². The molecule has 4 N–H and O–H groups in total. The highest BCUT2D eigenvalue weighted by Gasteiger charge is 2.39. The molecule has 2 amide bonds. The second-order valence-corrected chi connectivity index (χ2v) is 9.41. The zero-order valence-corrected chi connectivity index (χ0v) is 20.6. The third kappa shape index (κ3) is 8.63. The molecule has 0 aromatic rings. The van der Waals surface area contributed by atoms with E-state index in [0.29, 0.717) is 18.4 Å². The number of hydrogen-bond donors (Lipinski definition) is 4. The lowest BCUT2D eigenvalue weighted by atomic mass is 9.70. The van der Waals surface area contributed by atoms with Crippen LogP contribution in [-0.2, 0) is 9.59 Å². The first-order valence-electron chi connectivity index (χ1n) is 11.1. The summed E-state index contributed by atoms with van der Waals surface area (Å²) >= 11 is 0. The topological polar surface area (TPSA) is 98.7 Å². The molecular formula is C23H48N2O4. The van der Waals surface area contributed by atoms with Crippen LogP contribution in [0.3, 0.4) is 0 Å². The minimum atomic E-state index is -0.526. The van der Waals surface area contributed by atoms with Crippen LogP contribution in [0.25, 0.3) is 0 Å². The van der Waals surface area contributed by atoms with E-state index in [4.69, 9.17) is 10.2 Å². The second kappa shape index (κ2) is 13.2. The van der Waals surface area contributed by atoms with Crippen molar-refractivity contribution in [1.82, 2.24) is 10.6 Å². The number of carbonyl (C=O) groups is 2. The van der Waals surface area contributed by atoms with Crippen LogP contribution in [0, 0.1) is 22.7 Å². The van der Waals surface area contributed by atoms with Crippen LogP contribution in [0.15, 0.2) is 0 Å². The maximum absolute atomic E-state index is 12.1. The van der Waals surface area contributed by atoms with Crippen LogP contribution in [0.5, 0.6) is 0 Å². The molecule has 0 aliphatic heterocycles. The van der Waals surface area contributed by atoms with Gasteiger partial charge in [0.15, 0.2) is 0 Å². The number of rotatable bonds is 11. The second-order valence-electron chi connectivity index (χ2n) is 9.41. The molecular weight excluding hydrogens is 368 g/mol. The first-order valence-corrected chi connectivity index (χ1v) is 11.1. The molecule has 0 atom stereocenters. The Hall–Kier alpha value is -1.14. The van der Waals surface area contributed by atoms with Gasteiger partial charge in [0.25, 0.3) is 0 Å². The Morgan fingerprint density at radius 3 is 1.52 bits per heavy atom. The number of amides is 2. The van der Waals surface area contributed by atoms with Crippen molar-refractivity contribution in [2.75, 3.05) is 19.8 Å². The molecule has 0 aromatic heterocycles. The van der Waals surface area contributed by atoms with Crippen LogP contribution in [0.2, 0.25) is 0 Å². The van der Waals surface area contributed by atoms with Crippen molar-refractivity contribution >= 4 is 11.8 Å². The number of hydrogen-bond acceptors (Lipinski definition) is 4. The van der Waals surface area contributed by atoms with E-state index < -0.39 is 5.54 Å². The molecule has 0 saturated heterocycles. The van der Waals surface area contributed by atoms with Crippen molar-refractivity contribution in [3.63, 3.8) is 0 Å². The highest BCUT2D eigenvalue weighted by Crippen LogP contribution is 2.35. The summed E-state index contributed by atoms with van der Waals surface area (Å²) < 4.78 is 0. The van der Waals surface area contributed by atoms with Crippen molar-refractivity contribution < 1.29 is 19.8 Å². The third-order valence-electron chi connectivity index (χ3n) is 6.64. The Labute approximate surface area is 179 Å². The number of aliphatic hydroxyl groups excluding tert-OH is 2. The first-order chi connectivity index (χ1) is 13.2. The van der Waals surface area contributed by atoms with E-state index in [0.717, 1.165) is 19.3 Å². The van der Waals surface area contributed by atoms with Crippen LogP contribution in [-0.4, -0.2) is 47.3 Å². The standard InChI is InChI=1S/C12H25NO2.C11H23NO2/c1-6-12(7-2,8-3)10(15)13-11(4,5)9-14;1-8(2)11(5,9(3)4)10(14)12-6-7-13/h14H,6-9H2,1-5H3,(H,13,15);8-9,13H,6-7H2,1-5H3,(H,12,14). The van der Waals surface area contributed by atoms with Crippen molar-refractivity contribution in [1.29, 1.82) is 0 Å². The van der Waals surface area contributed by atoms with E-state index >= 15 is 0 Å². The first kappa shape index (κ1) is 30.1. The molecule has 0 aliphatic rings. The Morgan fingerprint density at radius 2 is 1.24 bits per heavy atom. The van der Waals surface area contributed by atoms with E-state index in [2.05, 4.69) is 38.3 Å². The van der Waals surface area contributed by atoms with Gasteiger partial charge in [-0.3, -0.25) is 9.59 Å². The molecule has 0 unspecified atom stereocenters. The van der Waals surface area contributed by atoms with Gasteiger partial charge in [0.05, 0.1) is 24.2 Å². The Bertz CT molecular complexity index is 467. The SMILES string of the molecule is CC(C)C(C)(C(=O)NCCO)C(C)C.CCC(CC)(CC)C(=O)NC(C)(C)CO. The lowest BCUT2D eigenvalue weighted by Crippen LogP contribution is -2.52. The van der Waals surface area contributed by atoms with Gasteiger partial charge in [-0.15, -0.1) is 0 Å². The minimum Gasteiger partial charge on any atom is -0.395 e. The molecule has 6 nitrogen and oxygen atoms in total. The van der Waals surface area contributed by atoms with Gasteiger partial charge < -0.3 is 20.8 Å². The predicted octanol–water partition coefficient (Wildman–Crippen LogP) is 3.50. The van der Waals surface area contributed by atoms with Gasteiger partial charge in [-0.1, -0.05) is 55.4 Å². The largest absolute Gasteiger partial charge is 0.395 e. The molecule has 0 fully saturated rings. The van der Waals surface area contributed by atoms with E-state index in [1.807, 2.05) is 41.5 Å². The van der Waals surface area contributed by atoms with E-state index in [1.54, 1.807) is 0 Å². The summed E-state index contributed by atoms with van der Waals surface area (Å²) in [7, 11) is 0. The highest BCUT2D eigenvalue weighted by molar-refractivity contribution is 5.83. The molecule has 6 heteroatoms. The predicted molar refractivity (Wildman–Crippen MR) is 120 cm³/mol. The molecule has 0 spiro atoms. The average molecular weight is 417 g/mol. The zero-order chi connectivity index (χ0) is 23.5. The zero-order valence-electron chi connectivity index (χ0n) is 20.6. The Balaban J connectivity index is 0. The minimum absolute atomic E-state index is 0.00197. The molecule has 0 saturated carbocycles. The fraction of sp³-hybridized carbons (Fsp3) is 0.913. The maximum Gasteiger partial charge on any atom is 0.226 e. The molecule has 0 heterocycles. The molecule has 0 rings (SSSR count). The normalized spacial score (nSPS) is 12.5. The van der Waals surface area contributed by atoms with Crippen LogP contribution >= 0.6 is 0 Å². The van der Waals surface area contributed by atoms with Gasteiger partial charge in [-0.05, 0) is 44.9 Å². The van der Waals surface area contributed by atoms with E-state index in [9.17, 15) is 9.59 Å². The summed E-state index contributed by atoms with van der Waals surface area (Å²) in [6, 6.07) is 0. The summed E-state index contributed by atoms with van der Waals surface area (Å²) in [5.74, 6) is 0.688. The molecule has 29 heavy (non-hydrogen) atoms. The van der Waals surface area contributed by atoms with Gasteiger partial charge in [-0.2, -0.15) is 0 Å². The summed E-state index contributed by atoms with van der Waals surface area (Å²) in [4.78, 5) is 24.0. The number of carbonyl (C=O) groups excluding carboxylic acids is 2. The van der Waals surface area contributed by atoms with Gasteiger partial charge in [-0.25, -0.2) is 0 Å². The lowest BCUT2D eigenvalue weighted by Gasteiger charge is -2.36. The number of nitrogens with one attached hydrogen (secondary N) is 2. The molecule has 0 aliphatic carbocycles. The molecule has 0 aromatic carbocycles.